The highest BCUT2D eigenvalue weighted by Crippen LogP contribution is 2.24. The van der Waals surface area contributed by atoms with Crippen molar-refractivity contribution in [2.24, 2.45) is 5.92 Å². The van der Waals surface area contributed by atoms with Gasteiger partial charge in [-0.05, 0) is 24.6 Å². The molecule has 4 heteroatoms. The molecule has 1 aliphatic rings. The van der Waals surface area contributed by atoms with Crippen molar-refractivity contribution in [2.45, 2.75) is 19.4 Å². The number of hydrogen-bond donors (Lipinski definition) is 1. The Morgan fingerprint density at radius 2 is 2.41 bits per heavy atom. The van der Waals surface area contributed by atoms with Crippen LogP contribution in [0.3, 0.4) is 0 Å². The Hall–Kier alpha value is -1.55. The summed E-state index contributed by atoms with van der Waals surface area (Å²) in [5.74, 6) is 0.203. The molecule has 2 unspecified atom stereocenters. The van der Waals surface area contributed by atoms with Gasteiger partial charge in [-0.25, -0.2) is 4.79 Å². The van der Waals surface area contributed by atoms with Crippen molar-refractivity contribution in [3.05, 3.63) is 29.8 Å². The first kappa shape index (κ1) is 11.9. The van der Waals surface area contributed by atoms with Crippen molar-refractivity contribution < 1.29 is 19.4 Å². The first-order valence-electron chi connectivity index (χ1n) is 5.78. The third kappa shape index (κ3) is 2.77. The molecular weight excluding hydrogens is 220 g/mol. The fraction of sp³-hybridized carbons (Fsp3) is 0.462. The number of hydrogen-bond acceptors (Lipinski definition) is 3. The third-order valence-corrected chi connectivity index (χ3v) is 3.07. The van der Waals surface area contributed by atoms with E-state index in [1.807, 2.05) is 0 Å². The summed E-state index contributed by atoms with van der Waals surface area (Å²) in [6, 6.07) is 6.51. The molecule has 0 aromatic heterocycles. The lowest BCUT2D eigenvalue weighted by molar-refractivity contribution is -0.131. The zero-order valence-electron chi connectivity index (χ0n) is 9.76. The molecule has 1 heterocycles. The summed E-state index contributed by atoms with van der Waals surface area (Å²) in [4.78, 5) is 10.8. The number of carboxylic acids is 1. The SMILES string of the molecule is CCC1COC1COc1cccc(C(=O)O)c1. The van der Waals surface area contributed by atoms with Crippen molar-refractivity contribution in [1.29, 1.82) is 0 Å². The summed E-state index contributed by atoms with van der Waals surface area (Å²) in [6.07, 6.45) is 1.23. The van der Waals surface area contributed by atoms with Crippen LogP contribution in [0.25, 0.3) is 0 Å². The number of rotatable bonds is 5. The quantitative estimate of drug-likeness (QED) is 0.851. The molecule has 17 heavy (non-hydrogen) atoms. The second-order valence-corrected chi connectivity index (χ2v) is 4.18. The lowest BCUT2D eigenvalue weighted by Crippen LogP contribution is -2.43. The highest BCUT2D eigenvalue weighted by atomic mass is 16.5. The molecule has 2 rings (SSSR count). The maximum absolute atomic E-state index is 10.8. The molecular formula is C13H16O4. The summed E-state index contributed by atoms with van der Waals surface area (Å²) in [5.41, 5.74) is 0.240. The molecule has 1 aromatic rings. The van der Waals surface area contributed by atoms with Crippen LogP contribution in [0.2, 0.25) is 0 Å². The van der Waals surface area contributed by atoms with Crippen LogP contribution in [0, 0.1) is 5.92 Å². The van der Waals surface area contributed by atoms with Gasteiger partial charge in [0.1, 0.15) is 12.4 Å². The second kappa shape index (κ2) is 5.19. The molecule has 1 N–H and O–H groups in total. The van der Waals surface area contributed by atoms with Gasteiger partial charge in [0.25, 0.3) is 0 Å². The molecule has 0 saturated carbocycles. The summed E-state index contributed by atoms with van der Waals surface area (Å²) in [7, 11) is 0. The van der Waals surface area contributed by atoms with Crippen molar-refractivity contribution in [3.8, 4) is 5.75 Å². The standard InChI is InChI=1S/C13H16O4/c1-2-9-7-17-12(9)8-16-11-5-3-4-10(6-11)13(14)15/h3-6,9,12H,2,7-8H2,1H3,(H,14,15). The predicted molar refractivity (Wildman–Crippen MR) is 62.4 cm³/mol. The molecule has 0 spiro atoms. The maximum atomic E-state index is 10.8. The van der Waals surface area contributed by atoms with Gasteiger partial charge < -0.3 is 14.6 Å². The van der Waals surface area contributed by atoms with Gasteiger partial charge in [-0.3, -0.25) is 0 Å². The van der Waals surface area contributed by atoms with Crippen molar-refractivity contribution in [2.75, 3.05) is 13.2 Å². The van der Waals surface area contributed by atoms with Crippen LogP contribution < -0.4 is 4.74 Å². The van der Waals surface area contributed by atoms with Gasteiger partial charge in [0, 0.05) is 5.92 Å². The molecule has 92 valence electrons. The van der Waals surface area contributed by atoms with E-state index in [2.05, 4.69) is 6.92 Å². The number of benzene rings is 1. The number of carbonyl (C=O) groups is 1. The van der Waals surface area contributed by atoms with Crippen LogP contribution in [-0.4, -0.2) is 30.4 Å². The molecule has 0 aliphatic carbocycles. The van der Waals surface area contributed by atoms with E-state index >= 15 is 0 Å². The Balaban J connectivity index is 1.90. The highest BCUT2D eigenvalue weighted by molar-refractivity contribution is 5.87. The molecule has 1 aliphatic heterocycles. The Labute approximate surface area is 100 Å². The van der Waals surface area contributed by atoms with E-state index < -0.39 is 5.97 Å². The summed E-state index contributed by atoms with van der Waals surface area (Å²) in [6.45, 7) is 3.42. The zero-order valence-corrected chi connectivity index (χ0v) is 9.76. The van der Waals surface area contributed by atoms with E-state index in [0.717, 1.165) is 13.0 Å². The maximum Gasteiger partial charge on any atom is 0.335 e. The lowest BCUT2D eigenvalue weighted by Gasteiger charge is -2.35. The van der Waals surface area contributed by atoms with Gasteiger partial charge in [-0.1, -0.05) is 13.0 Å². The number of aromatic carboxylic acids is 1. The Morgan fingerprint density at radius 3 is 3.00 bits per heavy atom. The molecule has 1 aromatic carbocycles. The van der Waals surface area contributed by atoms with Gasteiger partial charge in [0.15, 0.2) is 0 Å². The monoisotopic (exact) mass is 236 g/mol. The van der Waals surface area contributed by atoms with E-state index in [-0.39, 0.29) is 11.7 Å². The van der Waals surface area contributed by atoms with E-state index in [9.17, 15) is 4.79 Å². The molecule has 4 nitrogen and oxygen atoms in total. The zero-order chi connectivity index (χ0) is 12.3. The molecule has 1 saturated heterocycles. The van der Waals surface area contributed by atoms with Crippen LogP contribution in [0.1, 0.15) is 23.7 Å². The molecule has 2 atom stereocenters. The average molecular weight is 236 g/mol. The Morgan fingerprint density at radius 1 is 1.59 bits per heavy atom. The van der Waals surface area contributed by atoms with Crippen LogP contribution in [0.15, 0.2) is 24.3 Å². The van der Waals surface area contributed by atoms with E-state index in [1.54, 1.807) is 18.2 Å². The van der Waals surface area contributed by atoms with Gasteiger partial charge >= 0.3 is 5.97 Å². The highest BCUT2D eigenvalue weighted by Gasteiger charge is 2.30. The summed E-state index contributed by atoms with van der Waals surface area (Å²) in [5, 5.41) is 8.84. The Kier molecular flexibility index (Phi) is 3.64. The minimum absolute atomic E-state index is 0.147. The Bertz CT molecular complexity index is 400. The minimum atomic E-state index is -0.943. The first-order valence-corrected chi connectivity index (χ1v) is 5.78. The third-order valence-electron chi connectivity index (χ3n) is 3.07. The fourth-order valence-corrected chi connectivity index (χ4v) is 1.83. The molecule has 1 fully saturated rings. The average Bonchev–Trinajstić information content (AvgIpc) is 2.29. The lowest BCUT2D eigenvalue weighted by atomic mass is 9.96. The number of ether oxygens (including phenoxy) is 2. The normalized spacial score (nSPS) is 22.9. The van der Waals surface area contributed by atoms with Crippen LogP contribution in [-0.2, 0) is 4.74 Å². The van der Waals surface area contributed by atoms with Crippen LogP contribution >= 0.6 is 0 Å². The van der Waals surface area contributed by atoms with Gasteiger partial charge in [-0.2, -0.15) is 0 Å². The van der Waals surface area contributed by atoms with Crippen molar-refractivity contribution >= 4 is 5.97 Å². The minimum Gasteiger partial charge on any atom is -0.491 e. The molecule has 0 radical (unpaired) electrons. The van der Waals surface area contributed by atoms with Gasteiger partial charge in [0.05, 0.1) is 18.3 Å². The van der Waals surface area contributed by atoms with E-state index in [0.29, 0.717) is 18.3 Å². The van der Waals surface area contributed by atoms with Crippen LogP contribution in [0.5, 0.6) is 5.75 Å². The fourth-order valence-electron chi connectivity index (χ4n) is 1.83. The largest absolute Gasteiger partial charge is 0.491 e. The smallest absolute Gasteiger partial charge is 0.335 e. The topological polar surface area (TPSA) is 55.8 Å². The van der Waals surface area contributed by atoms with Crippen molar-refractivity contribution in [1.82, 2.24) is 0 Å². The predicted octanol–water partition coefficient (Wildman–Crippen LogP) is 2.19. The van der Waals surface area contributed by atoms with Gasteiger partial charge in [0.2, 0.25) is 0 Å². The summed E-state index contributed by atoms with van der Waals surface area (Å²) < 4.78 is 10.9. The van der Waals surface area contributed by atoms with Crippen LogP contribution in [0.4, 0.5) is 0 Å². The summed E-state index contributed by atoms with van der Waals surface area (Å²) >= 11 is 0. The van der Waals surface area contributed by atoms with Gasteiger partial charge in [-0.15, -0.1) is 0 Å². The van der Waals surface area contributed by atoms with Crippen molar-refractivity contribution in [3.63, 3.8) is 0 Å². The molecule has 0 bridgehead atoms. The number of carboxylic acid groups (broad SMARTS) is 1. The van der Waals surface area contributed by atoms with E-state index in [1.165, 1.54) is 6.07 Å². The van der Waals surface area contributed by atoms with E-state index in [4.69, 9.17) is 14.6 Å². The molecule has 0 amide bonds. The second-order valence-electron chi connectivity index (χ2n) is 4.18. The first-order chi connectivity index (χ1) is 8.20.